The van der Waals surface area contributed by atoms with Crippen molar-refractivity contribution >= 4 is 5.91 Å². The van der Waals surface area contributed by atoms with E-state index in [4.69, 9.17) is 4.74 Å². The first-order valence-corrected chi connectivity index (χ1v) is 7.53. The molecule has 1 amide bonds. The summed E-state index contributed by atoms with van der Waals surface area (Å²) in [5.74, 6) is 0.819. The third kappa shape index (κ3) is 3.48. The van der Waals surface area contributed by atoms with E-state index in [1.807, 2.05) is 4.90 Å². The molecule has 0 spiro atoms. The highest BCUT2D eigenvalue weighted by Crippen LogP contribution is 2.31. The molecular weight excluding hydrogens is 242 g/mol. The van der Waals surface area contributed by atoms with Crippen LogP contribution in [0.2, 0.25) is 0 Å². The highest BCUT2D eigenvalue weighted by atomic mass is 16.5. The third-order valence-corrected chi connectivity index (χ3v) is 4.84. The molecule has 0 aromatic carbocycles. The van der Waals surface area contributed by atoms with Crippen LogP contribution in [-0.4, -0.2) is 48.8 Å². The number of aliphatic hydroxyl groups is 1. The summed E-state index contributed by atoms with van der Waals surface area (Å²) in [6.07, 6.45) is 4.01. The van der Waals surface area contributed by atoms with Gasteiger partial charge in [-0.05, 0) is 31.6 Å². The van der Waals surface area contributed by atoms with Crippen LogP contribution in [0.4, 0.5) is 0 Å². The lowest BCUT2D eigenvalue weighted by atomic mass is 9.81. The Labute approximate surface area is 116 Å². The van der Waals surface area contributed by atoms with Gasteiger partial charge < -0.3 is 14.7 Å². The minimum Gasteiger partial charge on any atom is -0.396 e. The van der Waals surface area contributed by atoms with E-state index in [9.17, 15) is 9.90 Å². The van der Waals surface area contributed by atoms with Gasteiger partial charge in [0.2, 0.25) is 5.91 Å². The lowest BCUT2D eigenvalue weighted by Gasteiger charge is -2.41. The minimum absolute atomic E-state index is 0.0879. The van der Waals surface area contributed by atoms with Gasteiger partial charge in [-0.25, -0.2) is 0 Å². The first kappa shape index (κ1) is 14.8. The lowest BCUT2D eigenvalue weighted by Crippen LogP contribution is -2.49. The maximum absolute atomic E-state index is 12.6. The largest absolute Gasteiger partial charge is 0.396 e. The highest BCUT2D eigenvalue weighted by molar-refractivity contribution is 5.79. The Morgan fingerprint density at radius 2 is 2.16 bits per heavy atom. The average Bonchev–Trinajstić information content (AvgIpc) is 2.46. The molecule has 2 aliphatic heterocycles. The standard InChI is InChI=1S/C15H27NO3/c1-12(13-4-8-19-9-5-13)14(18)16-7-3-6-15(2,10-16)11-17/h12-13,17H,3-11H2,1-2H3. The molecule has 2 aliphatic rings. The summed E-state index contributed by atoms with van der Waals surface area (Å²) in [5, 5.41) is 9.48. The number of nitrogens with zero attached hydrogens (tertiary/aromatic N) is 1. The van der Waals surface area contributed by atoms with Crippen LogP contribution < -0.4 is 0 Å². The molecule has 2 rings (SSSR count). The van der Waals surface area contributed by atoms with Crippen LogP contribution in [0.25, 0.3) is 0 Å². The summed E-state index contributed by atoms with van der Waals surface area (Å²) in [6, 6.07) is 0. The fraction of sp³-hybridized carbons (Fsp3) is 0.933. The molecule has 4 heteroatoms. The lowest BCUT2D eigenvalue weighted by molar-refractivity contribution is -0.142. The number of carbonyl (C=O) groups excluding carboxylic acids is 1. The number of amides is 1. The normalized spacial score (nSPS) is 31.2. The van der Waals surface area contributed by atoms with E-state index in [1.54, 1.807) is 0 Å². The molecule has 0 saturated carbocycles. The molecule has 2 unspecified atom stereocenters. The van der Waals surface area contributed by atoms with Gasteiger partial charge in [0.05, 0.1) is 6.61 Å². The molecule has 4 nitrogen and oxygen atoms in total. The number of hydrogen-bond donors (Lipinski definition) is 1. The zero-order valence-electron chi connectivity index (χ0n) is 12.2. The van der Waals surface area contributed by atoms with Crippen LogP contribution in [0, 0.1) is 17.3 Å². The van der Waals surface area contributed by atoms with Crippen molar-refractivity contribution in [1.82, 2.24) is 4.90 Å². The Kier molecular flexibility index (Phi) is 4.85. The Morgan fingerprint density at radius 3 is 2.79 bits per heavy atom. The van der Waals surface area contributed by atoms with Crippen molar-refractivity contribution < 1.29 is 14.6 Å². The quantitative estimate of drug-likeness (QED) is 0.848. The van der Waals surface area contributed by atoms with Gasteiger partial charge in [-0.1, -0.05) is 13.8 Å². The van der Waals surface area contributed by atoms with Crippen molar-refractivity contribution in [1.29, 1.82) is 0 Å². The SMILES string of the molecule is CC(C(=O)N1CCCC(C)(CO)C1)C1CCOCC1. The van der Waals surface area contributed by atoms with Gasteiger partial charge in [-0.2, -0.15) is 0 Å². The molecular formula is C15H27NO3. The maximum atomic E-state index is 12.6. The summed E-state index contributed by atoms with van der Waals surface area (Å²) >= 11 is 0. The molecule has 1 N–H and O–H groups in total. The first-order chi connectivity index (χ1) is 9.06. The van der Waals surface area contributed by atoms with E-state index in [1.165, 1.54) is 0 Å². The number of ether oxygens (including phenoxy) is 1. The Balaban J connectivity index is 1.94. The Hall–Kier alpha value is -0.610. The van der Waals surface area contributed by atoms with Gasteiger partial charge >= 0.3 is 0 Å². The van der Waals surface area contributed by atoms with E-state index in [-0.39, 0.29) is 23.8 Å². The van der Waals surface area contributed by atoms with Crippen LogP contribution in [0.3, 0.4) is 0 Å². The summed E-state index contributed by atoms with van der Waals surface area (Å²) < 4.78 is 5.37. The number of hydrogen-bond acceptors (Lipinski definition) is 3. The van der Waals surface area contributed by atoms with E-state index in [0.717, 1.165) is 45.4 Å². The average molecular weight is 269 g/mol. The Morgan fingerprint density at radius 1 is 1.47 bits per heavy atom. The van der Waals surface area contributed by atoms with E-state index in [0.29, 0.717) is 12.5 Å². The predicted octanol–water partition coefficient (Wildman–Crippen LogP) is 1.67. The van der Waals surface area contributed by atoms with Gasteiger partial charge in [-0.3, -0.25) is 4.79 Å². The van der Waals surface area contributed by atoms with E-state index >= 15 is 0 Å². The molecule has 2 heterocycles. The van der Waals surface area contributed by atoms with Crippen LogP contribution in [0.5, 0.6) is 0 Å². The molecule has 0 bridgehead atoms. The second-order valence-electron chi connectivity index (χ2n) is 6.57. The number of likely N-dealkylation sites (tertiary alicyclic amines) is 1. The summed E-state index contributed by atoms with van der Waals surface area (Å²) in [7, 11) is 0. The van der Waals surface area contributed by atoms with Crippen molar-refractivity contribution in [2.24, 2.45) is 17.3 Å². The summed E-state index contributed by atoms with van der Waals surface area (Å²) in [6.45, 7) is 7.43. The molecule has 0 aromatic rings. The van der Waals surface area contributed by atoms with Gasteiger partial charge in [-0.15, -0.1) is 0 Å². The second kappa shape index (κ2) is 6.23. The zero-order chi connectivity index (χ0) is 13.9. The van der Waals surface area contributed by atoms with Crippen molar-refractivity contribution in [2.45, 2.75) is 39.5 Å². The van der Waals surface area contributed by atoms with Gasteiger partial charge in [0.25, 0.3) is 0 Å². The fourth-order valence-corrected chi connectivity index (χ4v) is 3.34. The van der Waals surface area contributed by atoms with Crippen LogP contribution in [0.1, 0.15) is 39.5 Å². The third-order valence-electron chi connectivity index (χ3n) is 4.84. The van der Waals surface area contributed by atoms with Crippen LogP contribution in [0.15, 0.2) is 0 Å². The molecule has 2 saturated heterocycles. The molecule has 2 atom stereocenters. The fourth-order valence-electron chi connectivity index (χ4n) is 3.34. The summed E-state index contributed by atoms with van der Waals surface area (Å²) in [4.78, 5) is 14.6. The molecule has 2 fully saturated rings. The van der Waals surface area contributed by atoms with Gasteiger partial charge in [0.1, 0.15) is 0 Å². The number of aliphatic hydroxyl groups excluding tert-OH is 1. The van der Waals surface area contributed by atoms with Crippen LogP contribution in [-0.2, 0) is 9.53 Å². The molecule has 19 heavy (non-hydrogen) atoms. The summed E-state index contributed by atoms with van der Waals surface area (Å²) in [5.41, 5.74) is -0.108. The second-order valence-corrected chi connectivity index (χ2v) is 6.57. The van der Waals surface area contributed by atoms with Gasteiger partial charge in [0, 0.05) is 37.6 Å². The number of carbonyl (C=O) groups is 1. The number of piperidine rings is 1. The highest BCUT2D eigenvalue weighted by Gasteiger charge is 2.36. The van der Waals surface area contributed by atoms with E-state index in [2.05, 4.69) is 13.8 Å². The molecule has 0 aliphatic carbocycles. The predicted molar refractivity (Wildman–Crippen MR) is 73.7 cm³/mol. The maximum Gasteiger partial charge on any atom is 0.225 e. The molecule has 0 radical (unpaired) electrons. The minimum atomic E-state index is -0.108. The zero-order valence-corrected chi connectivity index (χ0v) is 12.2. The first-order valence-electron chi connectivity index (χ1n) is 7.53. The van der Waals surface area contributed by atoms with E-state index < -0.39 is 0 Å². The topological polar surface area (TPSA) is 49.8 Å². The number of rotatable bonds is 3. The van der Waals surface area contributed by atoms with Crippen molar-refractivity contribution in [3.63, 3.8) is 0 Å². The van der Waals surface area contributed by atoms with Gasteiger partial charge in [0.15, 0.2) is 0 Å². The van der Waals surface area contributed by atoms with Crippen LogP contribution >= 0.6 is 0 Å². The van der Waals surface area contributed by atoms with Crippen molar-refractivity contribution in [3.05, 3.63) is 0 Å². The van der Waals surface area contributed by atoms with Crippen molar-refractivity contribution in [3.8, 4) is 0 Å². The smallest absolute Gasteiger partial charge is 0.225 e. The molecule has 0 aromatic heterocycles. The monoisotopic (exact) mass is 269 g/mol. The molecule has 110 valence electrons. The Bertz CT molecular complexity index is 315. The van der Waals surface area contributed by atoms with Crippen molar-refractivity contribution in [2.75, 3.05) is 32.9 Å².